The van der Waals surface area contributed by atoms with Crippen LogP contribution in [0.3, 0.4) is 0 Å². The summed E-state index contributed by atoms with van der Waals surface area (Å²) in [6, 6.07) is 16.2. The highest BCUT2D eigenvalue weighted by molar-refractivity contribution is 5.92. The number of hydrogen-bond donors (Lipinski definition) is 0. The fourth-order valence-corrected chi connectivity index (χ4v) is 3.06. The molecule has 0 aliphatic heterocycles. The van der Waals surface area contributed by atoms with E-state index in [1.165, 1.54) is 0 Å². The van der Waals surface area contributed by atoms with Gasteiger partial charge in [-0.05, 0) is 54.0 Å². The SMILES string of the molecule is CCOC(CN=CCC(=C(C#N)C#N)c1ccc2cc(N(C)C)ccc2c1)OCC. The van der Waals surface area contributed by atoms with Crippen LogP contribution in [0.15, 0.2) is 47.0 Å². The Kier molecular flexibility index (Phi) is 9.03. The maximum atomic E-state index is 9.43. The Morgan fingerprint density at radius 3 is 2.27 bits per heavy atom. The molecule has 0 saturated heterocycles. The minimum atomic E-state index is -0.387. The second kappa shape index (κ2) is 11.7. The molecule has 0 radical (unpaired) electrons. The van der Waals surface area contributed by atoms with Crippen molar-refractivity contribution in [3.8, 4) is 12.1 Å². The van der Waals surface area contributed by atoms with Crippen LogP contribution in [0, 0.1) is 22.7 Å². The maximum Gasteiger partial charge on any atom is 0.176 e. The lowest BCUT2D eigenvalue weighted by Crippen LogP contribution is -2.20. The second-order valence-corrected chi connectivity index (χ2v) is 6.81. The van der Waals surface area contributed by atoms with Crippen molar-refractivity contribution >= 4 is 28.2 Å². The molecule has 0 spiro atoms. The van der Waals surface area contributed by atoms with Gasteiger partial charge in [0.25, 0.3) is 0 Å². The number of fused-ring (bicyclic) bond motifs is 1. The van der Waals surface area contributed by atoms with Crippen LogP contribution in [0.1, 0.15) is 25.8 Å². The van der Waals surface area contributed by atoms with Crippen molar-refractivity contribution in [2.45, 2.75) is 26.6 Å². The van der Waals surface area contributed by atoms with Gasteiger partial charge in [-0.2, -0.15) is 10.5 Å². The van der Waals surface area contributed by atoms with Gasteiger partial charge in [0.2, 0.25) is 0 Å². The lowest BCUT2D eigenvalue weighted by atomic mass is 9.95. The van der Waals surface area contributed by atoms with E-state index in [1.54, 1.807) is 6.21 Å². The van der Waals surface area contributed by atoms with E-state index < -0.39 is 0 Å². The van der Waals surface area contributed by atoms with E-state index in [1.807, 2.05) is 70.4 Å². The average molecular weight is 405 g/mol. The summed E-state index contributed by atoms with van der Waals surface area (Å²) in [6.45, 7) is 5.28. The van der Waals surface area contributed by atoms with Crippen LogP contribution >= 0.6 is 0 Å². The molecule has 2 aromatic rings. The van der Waals surface area contributed by atoms with Crippen LogP contribution in [-0.4, -0.2) is 46.4 Å². The third-order valence-corrected chi connectivity index (χ3v) is 4.60. The number of nitriles is 2. The topological polar surface area (TPSA) is 81.6 Å². The number of ether oxygens (including phenoxy) is 2. The van der Waals surface area contributed by atoms with Crippen LogP contribution in [0.25, 0.3) is 16.3 Å². The first-order valence-corrected chi connectivity index (χ1v) is 10.00. The number of nitrogens with zero attached hydrogens (tertiary/aromatic N) is 4. The van der Waals surface area contributed by atoms with Crippen molar-refractivity contribution in [1.29, 1.82) is 10.5 Å². The Hall–Kier alpha value is -3.19. The number of benzene rings is 2. The molecule has 2 rings (SSSR count). The molecule has 0 amide bonds. The summed E-state index contributed by atoms with van der Waals surface area (Å²) in [6.07, 6.45) is 1.71. The number of aliphatic imine (C=N–C) groups is 1. The Bertz CT molecular complexity index is 974. The highest BCUT2D eigenvalue weighted by Crippen LogP contribution is 2.27. The lowest BCUT2D eigenvalue weighted by Gasteiger charge is -2.14. The third-order valence-electron chi connectivity index (χ3n) is 4.60. The van der Waals surface area contributed by atoms with Crippen molar-refractivity contribution in [2.75, 3.05) is 38.8 Å². The highest BCUT2D eigenvalue weighted by Gasteiger charge is 2.11. The van der Waals surface area contributed by atoms with E-state index in [9.17, 15) is 10.5 Å². The van der Waals surface area contributed by atoms with Crippen LogP contribution in [-0.2, 0) is 9.47 Å². The van der Waals surface area contributed by atoms with Crippen molar-refractivity contribution in [3.63, 3.8) is 0 Å². The average Bonchev–Trinajstić information content (AvgIpc) is 2.75. The van der Waals surface area contributed by atoms with Crippen LogP contribution in [0.2, 0.25) is 0 Å². The molecule has 2 aromatic carbocycles. The number of allylic oxidation sites excluding steroid dienone is 2. The van der Waals surface area contributed by atoms with Gasteiger partial charge in [-0.15, -0.1) is 0 Å². The molecule has 156 valence electrons. The molecule has 0 atom stereocenters. The Balaban J connectivity index is 2.29. The summed E-state index contributed by atoms with van der Waals surface area (Å²) >= 11 is 0. The van der Waals surface area contributed by atoms with Crippen molar-refractivity contribution in [2.24, 2.45) is 4.99 Å². The standard InChI is InChI=1S/C24H28N4O2/c1-5-29-24(30-6-2)17-27-12-11-23(21(15-25)16-26)20-8-7-19-14-22(28(3)4)10-9-18(19)13-20/h7-10,12-14,24H,5-6,11,17H2,1-4H3. The molecular weight excluding hydrogens is 376 g/mol. The molecule has 30 heavy (non-hydrogen) atoms. The summed E-state index contributed by atoms with van der Waals surface area (Å²) in [5.41, 5.74) is 2.71. The lowest BCUT2D eigenvalue weighted by molar-refractivity contribution is -0.128. The molecular formula is C24H28N4O2. The molecule has 0 bridgehead atoms. The maximum absolute atomic E-state index is 9.43. The number of anilines is 1. The van der Waals surface area contributed by atoms with E-state index in [4.69, 9.17) is 9.47 Å². The quantitative estimate of drug-likeness (QED) is 0.329. The second-order valence-electron chi connectivity index (χ2n) is 6.81. The monoisotopic (exact) mass is 404 g/mol. The minimum Gasteiger partial charge on any atom is -0.378 e. The van der Waals surface area contributed by atoms with Gasteiger partial charge in [0.15, 0.2) is 6.29 Å². The van der Waals surface area contributed by atoms with E-state index in [0.29, 0.717) is 31.8 Å². The van der Waals surface area contributed by atoms with Gasteiger partial charge >= 0.3 is 0 Å². The summed E-state index contributed by atoms with van der Waals surface area (Å²) in [4.78, 5) is 6.44. The van der Waals surface area contributed by atoms with E-state index in [-0.39, 0.29) is 11.9 Å². The zero-order chi connectivity index (χ0) is 21.9. The predicted molar refractivity (Wildman–Crippen MR) is 121 cm³/mol. The van der Waals surface area contributed by atoms with Crippen LogP contribution in [0.4, 0.5) is 5.69 Å². The molecule has 6 nitrogen and oxygen atoms in total. The third kappa shape index (κ3) is 6.15. The summed E-state index contributed by atoms with van der Waals surface area (Å²) < 4.78 is 11.0. The molecule has 0 heterocycles. The highest BCUT2D eigenvalue weighted by atomic mass is 16.7. The van der Waals surface area contributed by atoms with Gasteiger partial charge in [-0.25, -0.2) is 0 Å². The first-order valence-electron chi connectivity index (χ1n) is 10.00. The predicted octanol–water partition coefficient (Wildman–Crippen LogP) is 4.57. The van der Waals surface area contributed by atoms with Crippen molar-refractivity contribution in [3.05, 3.63) is 47.5 Å². The molecule has 0 unspecified atom stereocenters. The summed E-state index contributed by atoms with van der Waals surface area (Å²) in [7, 11) is 4.01. The smallest absolute Gasteiger partial charge is 0.176 e. The molecule has 0 saturated carbocycles. The van der Waals surface area contributed by atoms with Gasteiger partial charge in [-0.1, -0.05) is 18.2 Å². The summed E-state index contributed by atoms with van der Waals surface area (Å²) in [5.74, 6) is 0. The van der Waals surface area contributed by atoms with Gasteiger partial charge in [0, 0.05) is 45.6 Å². The first kappa shape index (κ1) is 23.1. The fraction of sp³-hybridized carbons (Fsp3) is 0.375. The minimum absolute atomic E-state index is 0.0943. The van der Waals surface area contributed by atoms with Gasteiger partial charge < -0.3 is 14.4 Å². The van der Waals surface area contributed by atoms with Crippen LogP contribution in [0.5, 0.6) is 0 Å². The fourth-order valence-electron chi connectivity index (χ4n) is 3.06. The van der Waals surface area contributed by atoms with Gasteiger partial charge in [-0.3, -0.25) is 4.99 Å². The Labute approximate surface area is 178 Å². The van der Waals surface area contributed by atoms with Gasteiger partial charge in [0.1, 0.15) is 17.7 Å². The number of hydrogen-bond acceptors (Lipinski definition) is 6. The largest absolute Gasteiger partial charge is 0.378 e. The molecule has 0 N–H and O–H groups in total. The van der Waals surface area contributed by atoms with Crippen molar-refractivity contribution < 1.29 is 9.47 Å². The van der Waals surface area contributed by atoms with E-state index in [0.717, 1.165) is 22.0 Å². The molecule has 0 aliphatic carbocycles. The molecule has 0 aromatic heterocycles. The zero-order valence-corrected chi connectivity index (χ0v) is 18.1. The first-order chi connectivity index (χ1) is 14.5. The summed E-state index contributed by atoms with van der Waals surface area (Å²) in [5, 5.41) is 21.0. The zero-order valence-electron chi connectivity index (χ0n) is 18.1. The van der Waals surface area contributed by atoms with Crippen LogP contribution < -0.4 is 4.90 Å². The van der Waals surface area contributed by atoms with Crippen molar-refractivity contribution in [1.82, 2.24) is 0 Å². The Morgan fingerprint density at radius 2 is 1.67 bits per heavy atom. The number of rotatable bonds is 10. The molecule has 0 aliphatic rings. The molecule has 0 fully saturated rings. The van der Waals surface area contributed by atoms with Gasteiger partial charge in [0.05, 0.1) is 6.54 Å². The van der Waals surface area contributed by atoms with E-state index >= 15 is 0 Å². The Morgan fingerprint density at radius 1 is 1.03 bits per heavy atom. The molecule has 6 heteroatoms. The normalized spacial score (nSPS) is 10.9. The van der Waals surface area contributed by atoms with E-state index in [2.05, 4.69) is 16.0 Å².